The average Bonchev–Trinajstić information content (AvgIpc) is 2.84. The van der Waals surface area contributed by atoms with E-state index in [9.17, 15) is 8.42 Å². The molecule has 0 spiro atoms. The van der Waals surface area contributed by atoms with Crippen LogP contribution >= 0.6 is 39.5 Å². The average molecular weight is 405 g/mol. The predicted molar refractivity (Wildman–Crippen MR) is 93.0 cm³/mol. The molecule has 4 nitrogen and oxygen atoms in total. The molecular weight excluding hydrogens is 392 g/mol. The van der Waals surface area contributed by atoms with Crippen LogP contribution in [0.1, 0.15) is 10.4 Å². The number of benzene rings is 1. The quantitative estimate of drug-likeness (QED) is 0.777. The second-order valence-corrected chi connectivity index (χ2v) is 8.78. The molecule has 0 aliphatic carbocycles. The summed E-state index contributed by atoms with van der Waals surface area (Å²) in [6.45, 7) is 0.315. The summed E-state index contributed by atoms with van der Waals surface area (Å²) in [6.07, 6.45) is 0. The summed E-state index contributed by atoms with van der Waals surface area (Å²) in [7, 11) is -2.02. The second kappa shape index (κ2) is 6.53. The van der Waals surface area contributed by atoms with Crippen molar-refractivity contribution in [1.29, 1.82) is 0 Å². The number of sulfonamides is 1. The third-order valence-corrected chi connectivity index (χ3v) is 6.54. The third kappa shape index (κ3) is 3.89. The molecule has 0 amide bonds. The Balaban J connectivity index is 2.28. The molecule has 0 aliphatic rings. The Morgan fingerprint density at radius 1 is 1.43 bits per heavy atom. The van der Waals surface area contributed by atoms with Gasteiger partial charge in [0, 0.05) is 33.9 Å². The summed E-state index contributed by atoms with van der Waals surface area (Å²) < 4.78 is 27.4. The van der Waals surface area contributed by atoms with E-state index in [1.54, 1.807) is 19.2 Å². The van der Waals surface area contributed by atoms with Crippen LogP contribution in [0.2, 0.25) is 0 Å². The van der Waals surface area contributed by atoms with Gasteiger partial charge in [0.2, 0.25) is 10.0 Å². The second-order valence-electron chi connectivity index (χ2n) is 4.38. The number of thiocarbonyl (C=S) groups is 1. The van der Waals surface area contributed by atoms with Gasteiger partial charge in [-0.15, -0.1) is 11.3 Å². The zero-order valence-corrected chi connectivity index (χ0v) is 15.2. The first-order valence-corrected chi connectivity index (χ1v) is 9.42. The highest BCUT2D eigenvalue weighted by molar-refractivity contribution is 9.10. The van der Waals surface area contributed by atoms with Crippen molar-refractivity contribution in [3.05, 3.63) is 50.6 Å². The molecule has 2 aromatic rings. The van der Waals surface area contributed by atoms with Gasteiger partial charge >= 0.3 is 0 Å². The molecule has 0 fully saturated rings. The summed E-state index contributed by atoms with van der Waals surface area (Å²) in [5.74, 6) is 0. The molecule has 112 valence electrons. The topological polar surface area (TPSA) is 63.4 Å². The highest BCUT2D eigenvalue weighted by atomic mass is 79.9. The maximum atomic E-state index is 12.6. The monoisotopic (exact) mass is 404 g/mol. The number of rotatable bonds is 5. The zero-order valence-electron chi connectivity index (χ0n) is 11.1. The maximum absolute atomic E-state index is 12.6. The first-order chi connectivity index (χ1) is 9.80. The Labute approximate surface area is 141 Å². The van der Waals surface area contributed by atoms with Crippen LogP contribution in [-0.4, -0.2) is 24.8 Å². The third-order valence-electron chi connectivity index (χ3n) is 2.83. The number of halogens is 1. The van der Waals surface area contributed by atoms with Crippen molar-refractivity contribution in [2.24, 2.45) is 5.73 Å². The lowest BCUT2D eigenvalue weighted by molar-refractivity contribution is 0.469. The van der Waals surface area contributed by atoms with Crippen LogP contribution in [0.15, 0.2) is 45.1 Å². The number of nitrogens with two attached hydrogens (primary N) is 1. The van der Waals surface area contributed by atoms with E-state index in [4.69, 9.17) is 18.0 Å². The lowest BCUT2D eigenvalue weighted by atomic mass is 10.2. The van der Waals surface area contributed by atoms with E-state index < -0.39 is 10.0 Å². The first-order valence-electron chi connectivity index (χ1n) is 5.90. The van der Waals surface area contributed by atoms with Crippen LogP contribution in [0.5, 0.6) is 0 Å². The summed E-state index contributed by atoms with van der Waals surface area (Å²) in [6, 6.07) is 8.27. The molecule has 0 atom stereocenters. The number of nitrogens with zero attached hydrogens (tertiary/aromatic N) is 1. The lowest BCUT2D eigenvalue weighted by Crippen LogP contribution is -2.26. The maximum Gasteiger partial charge on any atom is 0.243 e. The normalized spacial score (nSPS) is 11.8. The van der Waals surface area contributed by atoms with Crippen molar-refractivity contribution in [2.75, 3.05) is 7.05 Å². The molecule has 2 rings (SSSR count). The molecule has 0 radical (unpaired) electrons. The van der Waals surface area contributed by atoms with Crippen molar-refractivity contribution in [3.63, 3.8) is 0 Å². The van der Waals surface area contributed by atoms with Gasteiger partial charge < -0.3 is 5.73 Å². The van der Waals surface area contributed by atoms with Crippen molar-refractivity contribution in [3.8, 4) is 0 Å². The van der Waals surface area contributed by atoms with Gasteiger partial charge in [-0.25, -0.2) is 8.42 Å². The van der Waals surface area contributed by atoms with E-state index >= 15 is 0 Å². The van der Waals surface area contributed by atoms with Gasteiger partial charge in [-0.05, 0) is 34.1 Å². The first kappa shape index (κ1) is 16.6. The largest absolute Gasteiger partial charge is 0.389 e. The smallest absolute Gasteiger partial charge is 0.243 e. The number of hydrogen-bond acceptors (Lipinski definition) is 4. The minimum absolute atomic E-state index is 0.178. The summed E-state index contributed by atoms with van der Waals surface area (Å²) in [5, 5.41) is 1.92. The van der Waals surface area contributed by atoms with Gasteiger partial charge in [0.25, 0.3) is 0 Å². The molecule has 1 aromatic heterocycles. The molecule has 0 saturated heterocycles. The standard InChI is InChI=1S/C13H13BrN2O2S3/c1-16(7-11-6-10(14)8-20-11)21(17,18)12-4-2-3-9(5-12)13(15)19/h2-6,8H,7H2,1H3,(H2,15,19). The van der Waals surface area contributed by atoms with Crippen molar-refractivity contribution >= 4 is 54.5 Å². The molecule has 0 bridgehead atoms. The minimum Gasteiger partial charge on any atom is -0.389 e. The highest BCUT2D eigenvalue weighted by Gasteiger charge is 2.21. The molecule has 8 heteroatoms. The van der Waals surface area contributed by atoms with Crippen LogP contribution in [0.3, 0.4) is 0 Å². The summed E-state index contributed by atoms with van der Waals surface area (Å²) in [4.78, 5) is 1.32. The highest BCUT2D eigenvalue weighted by Crippen LogP contribution is 2.23. The van der Waals surface area contributed by atoms with Crippen LogP contribution in [0.25, 0.3) is 0 Å². The van der Waals surface area contributed by atoms with Crippen molar-refractivity contribution in [1.82, 2.24) is 4.31 Å². The summed E-state index contributed by atoms with van der Waals surface area (Å²) in [5.41, 5.74) is 6.09. The van der Waals surface area contributed by atoms with Gasteiger partial charge in [-0.1, -0.05) is 24.4 Å². The van der Waals surface area contributed by atoms with E-state index in [1.165, 1.54) is 27.8 Å². The van der Waals surface area contributed by atoms with Gasteiger partial charge in [-0.3, -0.25) is 0 Å². The van der Waals surface area contributed by atoms with Crippen LogP contribution in [-0.2, 0) is 16.6 Å². The molecule has 0 unspecified atom stereocenters. The molecule has 2 N–H and O–H groups in total. The van der Waals surface area contributed by atoms with E-state index in [-0.39, 0.29) is 9.88 Å². The Bertz CT molecular complexity index is 771. The van der Waals surface area contributed by atoms with E-state index in [2.05, 4.69) is 15.9 Å². The number of hydrogen-bond donors (Lipinski definition) is 1. The van der Waals surface area contributed by atoms with Gasteiger partial charge in [0.15, 0.2) is 0 Å². The Morgan fingerprint density at radius 3 is 2.71 bits per heavy atom. The lowest BCUT2D eigenvalue weighted by Gasteiger charge is -2.16. The fraction of sp³-hybridized carbons (Fsp3) is 0.154. The van der Waals surface area contributed by atoms with Crippen LogP contribution in [0, 0.1) is 0 Å². The van der Waals surface area contributed by atoms with Gasteiger partial charge in [-0.2, -0.15) is 4.31 Å². The molecule has 1 aromatic carbocycles. The zero-order chi connectivity index (χ0) is 15.6. The predicted octanol–water partition coefficient (Wildman–Crippen LogP) is 2.97. The Hall–Kier alpha value is -0.800. The van der Waals surface area contributed by atoms with Gasteiger partial charge in [0.05, 0.1) is 4.90 Å². The van der Waals surface area contributed by atoms with E-state index in [0.717, 1.165) is 9.35 Å². The van der Waals surface area contributed by atoms with Gasteiger partial charge in [0.1, 0.15) is 4.99 Å². The Kier molecular flexibility index (Phi) is 5.15. The van der Waals surface area contributed by atoms with Crippen molar-refractivity contribution < 1.29 is 8.42 Å². The fourth-order valence-corrected chi connectivity index (χ4v) is 4.64. The fourth-order valence-electron chi connectivity index (χ4n) is 1.73. The minimum atomic E-state index is -3.57. The summed E-state index contributed by atoms with van der Waals surface area (Å²) >= 11 is 9.74. The molecular formula is C13H13BrN2O2S3. The Morgan fingerprint density at radius 2 is 2.14 bits per heavy atom. The van der Waals surface area contributed by atoms with E-state index in [0.29, 0.717) is 12.1 Å². The molecule has 21 heavy (non-hydrogen) atoms. The number of thiophene rings is 1. The van der Waals surface area contributed by atoms with E-state index in [1.807, 2.05) is 11.4 Å². The van der Waals surface area contributed by atoms with Crippen molar-refractivity contribution in [2.45, 2.75) is 11.4 Å². The molecule has 1 heterocycles. The van der Waals surface area contributed by atoms with Crippen LogP contribution < -0.4 is 5.73 Å². The molecule has 0 saturated carbocycles. The molecule has 0 aliphatic heterocycles. The SMILES string of the molecule is CN(Cc1cc(Br)cs1)S(=O)(=O)c1cccc(C(N)=S)c1. The van der Waals surface area contributed by atoms with Crippen LogP contribution in [0.4, 0.5) is 0 Å².